The maximum absolute atomic E-state index is 12.7. The summed E-state index contributed by atoms with van der Waals surface area (Å²) in [5.74, 6) is -0.117. The SMILES string of the molecule is CN(C)C(=O)Cn1ccc(NC(=O)c2cc(C#N)cc3ccccc23)n1. The summed E-state index contributed by atoms with van der Waals surface area (Å²) in [5.41, 5.74) is 0.814. The standard InChI is InChI=1S/C19H17N5O2/c1-23(2)18(25)12-24-8-7-17(22-24)21-19(26)16-10-13(11-20)9-14-5-3-4-6-15(14)16/h3-10H,12H2,1-2H3,(H,21,22,26). The molecule has 1 N–H and O–H groups in total. The van der Waals surface area contributed by atoms with Gasteiger partial charge in [-0.15, -0.1) is 0 Å². The number of nitrogens with zero attached hydrogens (tertiary/aromatic N) is 4. The monoisotopic (exact) mass is 347 g/mol. The van der Waals surface area contributed by atoms with E-state index in [1.54, 1.807) is 38.5 Å². The van der Waals surface area contributed by atoms with Crippen molar-refractivity contribution in [2.24, 2.45) is 0 Å². The van der Waals surface area contributed by atoms with Gasteiger partial charge in [0.25, 0.3) is 5.91 Å². The molecule has 7 heteroatoms. The van der Waals surface area contributed by atoms with E-state index in [2.05, 4.69) is 16.5 Å². The number of hydrogen-bond acceptors (Lipinski definition) is 4. The zero-order valence-corrected chi connectivity index (χ0v) is 14.4. The molecule has 0 spiro atoms. The van der Waals surface area contributed by atoms with E-state index in [-0.39, 0.29) is 18.4 Å². The van der Waals surface area contributed by atoms with Crippen LogP contribution in [0.15, 0.2) is 48.7 Å². The Hall–Kier alpha value is -3.66. The van der Waals surface area contributed by atoms with Crippen LogP contribution in [0.3, 0.4) is 0 Å². The number of aromatic nitrogens is 2. The number of hydrogen-bond donors (Lipinski definition) is 1. The number of nitrogens with one attached hydrogen (secondary N) is 1. The highest BCUT2D eigenvalue weighted by atomic mass is 16.2. The van der Waals surface area contributed by atoms with E-state index >= 15 is 0 Å². The lowest BCUT2D eigenvalue weighted by atomic mass is 10.0. The van der Waals surface area contributed by atoms with Crippen LogP contribution in [-0.2, 0) is 11.3 Å². The van der Waals surface area contributed by atoms with E-state index in [1.807, 2.05) is 24.3 Å². The Morgan fingerprint density at radius 3 is 2.73 bits per heavy atom. The Balaban J connectivity index is 1.85. The molecule has 26 heavy (non-hydrogen) atoms. The fourth-order valence-corrected chi connectivity index (χ4v) is 2.54. The highest BCUT2D eigenvalue weighted by molar-refractivity contribution is 6.13. The Bertz CT molecular complexity index is 1030. The molecule has 0 bridgehead atoms. The van der Waals surface area contributed by atoms with Crippen molar-refractivity contribution in [1.29, 1.82) is 5.26 Å². The third kappa shape index (κ3) is 3.54. The molecule has 2 aromatic carbocycles. The second kappa shape index (κ2) is 7.07. The van der Waals surface area contributed by atoms with Crippen molar-refractivity contribution in [2.45, 2.75) is 6.54 Å². The Morgan fingerprint density at radius 1 is 1.23 bits per heavy atom. The minimum absolute atomic E-state index is 0.0930. The maximum atomic E-state index is 12.7. The van der Waals surface area contributed by atoms with Gasteiger partial charge in [-0.05, 0) is 22.9 Å². The van der Waals surface area contributed by atoms with Gasteiger partial charge in [0.1, 0.15) is 6.54 Å². The fourth-order valence-electron chi connectivity index (χ4n) is 2.54. The van der Waals surface area contributed by atoms with Gasteiger partial charge >= 0.3 is 0 Å². The van der Waals surface area contributed by atoms with E-state index < -0.39 is 0 Å². The van der Waals surface area contributed by atoms with Gasteiger partial charge in [-0.2, -0.15) is 10.4 Å². The van der Waals surface area contributed by atoms with E-state index in [1.165, 1.54) is 9.58 Å². The first-order chi connectivity index (χ1) is 12.5. The van der Waals surface area contributed by atoms with Crippen LogP contribution in [0.4, 0.5) is 5.82 Å². The number of carbonyl (C=O) groups is 2. The molecule has 0 aliphatic carbocycles. The zero-order valence-electron chi connectivity index (χ0n) is 14.4. The van der Waals surface area contributed by atoms with Crippen molar-refractivity contribution >= 4 is 28.4 Å². The average Bonchev–Trinajstić information content (AvgIpc) is 3.07. The lowest BCUT2D eigenvalue weighted by Crippen LogP contribution is -2.26. The quantitative estimate of drug-likeness (QED) is 0.783. The molecule has 0 radical (unpaired) electrons. The van der Waals surface area contributed by atoms with Gasteiger partial charge in [0.15, 0.2) is 5.82 Å². The first-order valence-corrected chi connectivity index (χ1v) is 7.96. The van der Waals surface area contributed by atoms with E-state index in [4.69, 9.17) is 0 Å². The van der Waals surface area contributed by atoms with E-state index in [0.29, 0.717) is 16.9 Å². The topological polar surface area (TPSA) is 91.0 Å². The van der Waals surface area contributed by atoms with Gasteiger partial charge in [0.05, 0.1) is 11.6 Å². The van der Waals surface area contributed by atoms with E-state index in [9.17, 15) is 14.9 Å². The number of likely N-dealkylation sites (N-methyl/N-ethyl adjacent to an activating group) is 1. The molecule has 0 saturated heterocycles. The summed E-state index contributed by atoms with van der Waals surface area (Å²) in [6.45, 7) is 0.0930. The number of benzene rings is 2. The van der Waals surface area contributed by atoms with Gasteiger partial charge in [-0.25, -0.2) is 0 Å². The Morgan fingerprint density at radius 2 is 2.00 bits per heavy atom. The van der Waals surface area contributed by atoms with Gasteiger partial charge in [-0.3, -0.25) is 14.3 Å². The lowest BCUT2D eigenvalue weighted by molar-refractivity contribution is -0.129. The molecule has 0 aliphatic heterocycles. The van der Waals surface area contributed by atoms with Gasteiger partial charge < -0.3 is 10.2 Å². The molecule has 2 amide bonds. The van der Waals surface area contributed by atoms with Crippen LogP contribution in [0.5, 0.6) is 0 Å². The summed E-state index contributed by atoms with van der Waals surface area (Å²) in [6, 6.07) is 14.4. The number of rotatable bonds is 4. The molecule has 0 saturated carbocycles. The number of amides is 2. The Labute approximate surface area is 150 Å². The molecule has 3 aromatic rings. The predicted octanol–water partition coefficient (Wildman–Crippen LogP) is 2.25. The fraction of sp³-hybridized carbons (Fsp3) is 0.158. The molecule has 1 aromatic heterocycles. The highest BCUT2D eigenvalue weighted by Gasteiger charge is 2.14. The molecule has 3 rings (SSSR count). The molecule has 0 atom stereocenters. The van der Waals surface area contributed by atoms with Crippen LogP contribution in [0.2, 0.25) is 0 Å². The molecule has 0 unspecified atom stereocenters. The highest BCUT2D eigenvalue weighted by Crippen LogP contribution is 2.22. The average molecular weight is 347 g/mol. The zero-order chi connectivity index (χ0) is 18.7. The lowest BCUT2D eigenvalue weighted by Gasteiger charge is -2.09. The minimum Gasteiger partial charge on any atom is -0.347 e. The van der Waals surface area contributed by atoms with Crippen LogP contribution in [-0.4, -0.2) is 40.6 Å². The first-order valence-electron chi connectivity index (χ1n) is 7.96. The molecular weight excluding hydrogens is 330 g/mol. The number of carbonyl (C=O) groups excluding carboxylic acids is 2. The summed E-state index contributed by atoms with van der Waals surface area (Å²) in [5, 5.41) is 17.7. The Kier molecular flexibility index (Phi) is 4.67. The second-order valence-corrected chi connectivity index (χ2v) is 6.00. The van der Waals surface area contributed by atoms with Gasteiger partial charge in [0, 0.05) is 31.9 Å². The smallest absolute Gasteiger partial charge is 0.257 e. The van der Waals surface area contributed by atoms with Crippen molar-refractivity contribution in [3.8, 4) is 6.07 Å². The summed E-state index contributed by atoms with van der Waals surface area (Å²) < 4.78 is 1.46. The second-order valence-electron chi connectivity index (χ2n) is 6.00. The van der Waals surface area contributed by atoms with Crippen LogP contribution < -0.4 is 5.32 Å². The third-order valence-electron chi connectivity index (χ3n) is 3.91. The summed E-state index contributed by atoms with van der Waals surface area (Å²) in [6.07, 6.45) is 1.63. The van der Waals surface area contributed by atoms with Crippen LogP contribution >= 0.6 is 0 Å². The van der Waals surface area contributed by atoms with Crippen LogP contribution in [0, 0.1) is 11.3 Å². The minimum atomic E-state index is -0.359. The molecule has 1 heterocycles. The molecule has 0 fully saturated rings. The van der Waals surface area contributed by atoms with Crippen LogP contribution in [0.25, 0.3) is 10.8 Å². The maximum Gasteiger partial charge on any atom is 0.257 e. The summed E-state index contributed by atoms with van der Waals surface area (Å²) in [4.78, 5) is 25.9. The summed E-state index contributed by atoms with van der Waals surface area (Å²) >= 11 is 0. The molecule has 0 aliphatic rings. The number of nitriles is 1. The third-order valence-corrected chi connectivity index (χ3v) is 3.91. The number of anilines is 1. The predicted molar refractivity (Wildman–Crippen MR) is 97.5 cm³/mol. The van der Waals surface area contributed by atoms with Crippen molar-refractivity contribution in [2.75, 3.05) is 19.4 Å². The van der Waals surface area contributed by atoms with Gasteiger partial charge in [-0.1, -0.05) is 24.3 Å². The largest absolute Gasteiger partial charge is 0.347 e. The van der Waals surface area contributed by atoms with Gasteiger partial charge in [0.2, 0.25) is 5.91 Å². The van der Waals surface area contributed by atoms with Crippen molar-refractivity contribution in [1.82, 2.24) is 14.7 Å². The van der Waals surface area contributed by atoms with Crippen molar-refractivity contribution < 1.29 is 9.59 Å². The first kappa shape index (κ1) is 17.2. The summed E-state index contributed by atoms with van der Waals surface area (Å²) in [7, 11) is 3.34. The number of fused-ring (bicyclic) bond motifs is 1. The molecule has 130 valence electrons. The van der Waals surface area contributed by atoms with Crippen LogP contribution in [0.1, 0.15) is 15.9 Å². The molecular formula is C19H17N5O2. The van der Waals surface area contributed by atoms with Crippen molar-refractivity contribution in [3.05, 3.63) is 59.8 Å². The van der Waals surface area contributed by atoms with E-state index in [0.717, 1.165) is 10.8 Å². The normalized spacial score (nSPS) is 10.3. The molecule has 7 nitrogen and oxygen atoms in total. The van der Waals surface area contributed by atoms with Crippen molar-refractivity contribution in [3.63, 3.8) is 0 Å².